The molecular weight excluding hydrogens is 448 g/mol. The number of anilines is 2. The number of benzene rings is 1. The third-order valence-corrected chi connectivity index (χ3v) is 7.12. The Kier molecular flexibility index (Phi) is 5.68. The average molecular weight is 475 g/mol. The summed E-state index contributed by atoms with van der Waals surface area (Å²) in [6.07, 6.45) is 8.18. The zero-order chi connectivity index (χ0) is 22.9. The molecule has 4 N–H and O–H groups in total. The van der Waals surface area contributed by atoms with Crippen molar-refractivity contribution in [3.05, 3.63) is 60.0 Å². The molecule has 0 bridgehead atoms. The maximum atomic E-state index is 12.6. The van der Waals surface area contributed by atoms with Crippen LogP contribution in [0.15, 0.2) is 58.7 Å². The third kappa shape index (κ3) is 4.64. The van der Waals surface area contributed by atoms with Crippen LogP contribution in [-0.4, -0.2) is 49.6 Å². The lowest BCUT2D eigenvalue weighted by molar-refractivity contribution is 0.0930. The van der Waals surface area contributed by atoms with Crippen LogP contribution >= 0.6 is 11.8 Å². The summed E-state index contributed by atoms with van der Waals surface area (Å²) in [4.78, 5) is 22.8. The summed E-state index contributed by atoms with van der Waals surface area (Å²) in [5, 5.41) is 18.1. The Morgan fingerprint density at radius 2 is 2.03 bits per heavy atom. The fourth-order valence-corrected chi connectivity index (χ4v) is 5.01. The van der Waals surface area contributed by atoms with Crippen molar-refractivity contribution in [2.45, 2.75) is 47.6 Å². The van der Waals surface area contributed by atoms with Crippen molar-refractivity contribution >= 4 is 35.1 Å². The van der Waals surface area contributed by atoms with Crippen molar-refractivity contribution in [2.24, 2.45) is 0 Å². The van der Waals surface area contributed by atoms with Gasteiger partial charge in [0.05, 0.1) is 0 Å². The van der Waals surface area contributed by atoms with Crippen LogP contribution in [0.1, 0.15) is 47.7 Å². The second kappa shape index (κ2) is 9.11. The van der Waals surface area contributed by atoms with Gasteiger partial charge in [0.2, 0.25) is 5.95 Å². The molecule has 9 nitrogen and oxygen atoms in total. The van der Waals surface area contributed by atoms with Crippen molar-refractivity contribution in [3.63, 3.8) is 0 Å². The van der Waals surface area contributed by atoms with Crippen molar-refractivity contribution < 1.29 is 4.79 Å². The minimum atomic E-state index is -0.0294. The fraction of sp³-hybridized carbons (Fsp3) is 0.333. The molecule has 1 saturated carbocycles. The van der Waals surface area contributed by atoms with E-state index in [2.05, 4.69) is 37.2 Å². The van der Waals surface area contributed by atoms with E-state index in [0.29, 0.717) is 17.4 Å². The Labute approximate surface area is 201 Å². The molecule has 1 amide bonds. The lowest BCUT2D eigenvalue weighted by Crippen LogP contribution is -2.45. The molecule has 1 unspecified atom stereocenters. The van der Waals surface area contributed by atoms with Crippen molar-refractivity contribution in [1.29, 1.82) is 0 Å². The van der Waals surface area contributed by atoms with E-state index in [9.17, 15) is 4.79 Å². The van der Waals surface area contributed by atoms with Crippen LogP contribution in [0, 0.1) is 0 Å². The smallest absolute Gasteiger partial charge is 0.251 e. The van der Waals surface area contributed by atoms with Crippen molar-refractivity contribution in [3.8, 4) is 0 Å². The van der Waals surface area contributed by atoms with Gasteiger partial charge < -0.3 is 16.0 Å². The number of hydrogen-bond donors (Lipinski definition) is 4. The first kappa shape index (κ1) is 21.2. The minimum Gasteiger partial charge on any atom is -0.348 e. The number of carbonyl (C=O) groups excluding carboxylic acids is 1. The van der Waals surface area contributed by atoms with E-state index in [1.54, 1.807) is 6.20 Å². The van der Waals surface area contributed by atoms with E-state index in [1.807, 2.05) is 40.9 Å². The minimum absolute atomic E-state index is 0.0294. The molecule has 3 aromatic heterocycles. The predicted molar refractivity (Wildman–Crippen MR) is 131 cm³/mol. The van der Waals surface area contributed by atoms with Gasteiger partial charge in [-0.15, -0.1) is 0 Å². The van der Waals surface area contributed by atoms with Gasteiger partial charge in [-0.25, -0.2) is 9.97 Å². The van der Waals surface area contributed by atoms with Crippen LogP contribution < -0.4 is 16.0 Å². The Morgan fingerprint density at radius 3 is 2.82 bits per heavy atom. The molecule has 2 aliphatic rings. The third-order valence-electron chi connectivity index (χ3n) is 6.19. The summed E-state index contributed by atoms with van der Waals surface area (Å²) in [7, 11) is 0. The van der Waals surface area contributed by atoms with Gasteiger partial charge in [0.15, 0.2) is 5.82 Å². The number of rotatable bonds is 7. The molecule has 34 heavy (non-hydrogen) atoms. The van der Waals surface area contributed by atoms with Gasteiger partial charge in [0.25, 0.3) is 5.91 Å². The molecule has 1 saturated heterocycles. The SMILES string of the molecule is O=C(NC1CCCNC1)c1ccc(Sc2cc3nccn3c(Nc3cc(C4CC4)[nH]n3)n2)cc1. The highest BCUT2D eigenvalue weighted by atomic mass is 32.2. The van der Waals surface area contributed by atoms with Crippen LogP contribution in [0.2, 0.25) is 0 Å². The molecule has 0 spiro atoms. The summed E-state index contributed by atoms with van der Waals surface area (Å²) < 4.78 is 1.91. The van der Waals surface area contributed by atoms with Crippen molar-refractivity contribution in [2.75, 3.05) is 18.4 Å². The summed E-state index contributed by atoms with van der Waals surface area (Å²) >= 11 is 1.53. The summed E-state index contributed by atoms with van der Waals surface area (Å²) in [5.41, 5.74) is 2.63. The summed E-state index contributed by atoms with van der Waals surface area (Å²) in [5.74, 6) is 1.98. The highest BCUT2D eigenvalue weighted by molar-refractivity contribution is 7.99. The Balaban J connectivity index is 1.17. The van der Waals surface area contributed by atoms with Crippen LogP contribution in [0.4, 0.5) is 11.8 Å². The monoisotopic (exact) mass is 474 g/mol. The number of H-pyrrole nitrogens is 1. The van der Waals surface area contributed by atoms with Gasteiger partial charge in [-0.1, -0.05) is 11.8 Å². The Bertz CT molecular complexity index is 1300. The highest BCUT2D eigenvalue weighted by Crippen LogP contribution is 2.39. The van der Waals surface area contributed by atoms with Gasteiger partial charge in [-0.05, 0) is 56.5 Å². The number of piperidine rings is 1. The molecule has 0 radical (unpaired) electrons. The predicted octanol–water partition coefficient (Wildman–Crippen LogP) is 3.71. The molecule has 1 aliphatic heterocycles. The number of nitrogens with zero attached hydrogens (tertiary/aromatic N) is 4. The van der Waals surface area contributed by atoms with Crippen LogP contribution in [0.25, 0.3) is 5.65 Å². The first-order chi connectivity index (χ1) is 16.7. The first-order valence-corrected chi connectivity index (χ1v) is 12.5. The van der Waals surface area contributed by atoms with Gasteiger partial charge in [-0.3, -0.25) is 14.3 Å². The van der Waals surface area contributed by atoms with Gasteiger partial charge in [-0.2, -0.15) is 5.10 Å². The van der Waals surface area contributed by atoms with Crippen LogP contribution in [-0.2, 0) is 0 Å². The number of fused-ring (bicyclic) bond motifs is 1. The van der Waals surface area contributed by atoms with Crippen molar-refractivity contribution in [1.82, 2.24) is 35.2 Å². The topological polar surface area (TPSA) is 112 Å². The van der Waals surface area contributed by atoms with E-state index >= 15 is 0 Å². The molecule has 1 aliphatic carbocycles. The number of amides is 1. The van der Waals surface area contributed by atoms with Gasteiger partial charge >= 0.3 is 0 Å². The number of hydrogen-bond acceptors (Lipinski definition) is 7. The average Bonchev–Trinajstić information content (AvgIpc) is 3.41. The molecule has 4 aromatic rings. The molecule has 6 rings (SSSR count). The van der Waals surface area contributed by atoms with E-state index in [-0.39, 0.29) is 11.9 Å². The molecule has 4 heterocycles. The Morgan fingerprint density at radius 1 is 1.15 bits per heavy atom. The number of aromatic nitrogens is 5. The van der Waals surface area contributed by atoms with E-state index < -0.39 is 0 Å². The largest absolute Gasteiger partial charge is 0.348 e. The number of aromatic amines is 1. The number of nitrogens with one attached hydrogen (secondary N) is 4. The van der Waals surface area contributed by atoms with Crippen LogP contribution in [0.5, 0.6) is 0 Å². The normalized spacial score (nSPS) is 18.2. The standard InChI is InChI=1S/C24H26N8OS/c33-23(27-17-2-1-9-25-14-17)16-5-7-18(8-6-16)34-22-13-21-26-10-11-32(21)24(29-22)28-20-12-19(30-31-20)15-3-4-15/h5-8,10-13,15,17,25H,1-4,9,14H2,(H,27,33)(H2,28,29,30,31). The zero-order valence-corrected chi connectivity index (χ0v) is 19.4. The molecule has 174 valence electrons. The van der Waals surface area contributed by atoms with Gasteiger partial charge in [0.1, 0.15) is 10.7 Å². The molecule has 2 fully saturated rings. The Hall–Kier alpha value is -3.37. The van der Waals surface area contributed by atoms with Gasteiger partial charge in [0, 0.05) is 59.2 Å². The fourth-order valence-electron chi connectivity index (χ4n) is 4.20. The quantitative estimate of drug-likeness (QED) is 0.302. The van der Waals surface area contributed by atoms with E-state index in [4.69, 9.17) is 4.98 Å². The summed E-state index contributed by atoms with van der Waals surface area (Å²) in [6, 6.07) is 11.8. The lowest BCUT2D eigenvalue weighted by atomic mass is 10.1. The zero-order valence-electron chi connectivity index (χ0n) is 18.6. The maximum absolute atomic E-state index is 12.6. The highest BCUT2D eigenvalue weighted by Gasteiger charge is 2.25. The van der Waals surface area contributed by atoms with E-state index in [1.165, 1.54) is 30.3 Å². The molecule has 10 heteroatoms. The van der Waals surface area contributed by atoms with Crippen LogP contribution in [0.3, 0.4) is 0 Å². The second-order valence-corrected chi connectivity index (χ2v) is 9.92. The first-order valence-electron chi connectivity index (χ1n) is 11.7. The lowest BCUT2D eigenvalue weighted by Gasteiger charge is -2.23. The second-order valence-electron chi connectivity index (χ2n) is 8.82. The number of imidazole rings is 1. The molecule has 1 atom stereocenters. The number of carbonyl (C=O) groups is 1. The maximum Gasteiger partial charge on any atom is 0.251 e. The van der Waals surface area contributed by atoms with E-state index in [0.717, 1.165) is 47.3 Å². The summed E-state index contributed by atoms with van der Waals surface area (Å²) in [6.45, 7) is 1.86. The molecule has 1 aromatic carbocycles. The molecular formula is C24H26N8OS.